The summed E-state index contributed by atoms with van der Waals surface area (Å²) >= 11 is 6.01. The van der Waals surface area contributed by atoms with E-state index in [0.29, 0.717) is 11.6 Å². The maximum absolute atomic E-state index is 6.01. The summed E-state index contributed by atoms with van der Waals surface area (Å²) < 4.78 is 2.15. The van der Waals surface area contributed by atoms with Crippen LogP contribution in [0.2, 0.25) is 5.02 Å². The Bertz CT molecular complexity index is 918. The summed E-state index contributed by atoms with van der Waals surface area (Å²) in [6, 6.07) is 7.65. The molecule has 0 saturated carbocycles. The fourth-order valence-electron chi connectivity index (χ4n) is 3.26. The highest BCUT2D eigenvalue weighted by atomic mass is 35.5. The van der Waals surface area contributed by atoms with Crippen molar-refractivity contribution in [3.05, 3.63) is 58.8 Å². The van der Waals surface area contributed by atoms with Crippen LogP contribution in [0.1, 0.15) is 24.0 Å². The summed E-state index contributed by atoms with van der Waals surface area (Å²) in [6.07, 6.45) is 3.85. The molecule has 0 bridgehead atoms. The summed E-state index contributed by atoms with van der Waals surface area (Å²) in [6.45, 7) is 5.28. The van der Waals surface area contributed by atoms with Crippen molar-refractivity contribution in [2.24, 2.45) is 0 Å². The Morgan fingerprint density at radius 3 is 2.77 bits per heavy atom. The van der Waals surface area contributed by atoms with Crippen molar-refractivity contribution >= 4 is 17.4 Å². The van der Waals surface area contributed by atoms with E-state index in [1.807, 2.05) is 36.7 Å². The van der Waals surface area contributed by atoms with E-state index in [-0.39, 0.29) is 0 Å². The molecule has 3 aromatic rings. The van der Waals surface area contributed by atoms with E-state index in [1.165, 1.54) is 5.56 Å². The lowest BCUT2D eigenvalue weighted by Gasteiger charge is -2.21. The molecular weight excluding hydrogens is 348 g/mol. The van der Waals surface area contributed by atoms with Gasteiger partial charge in [0.05, 0.1) is 12.2 Å². The smallest absolute Gasteiger partial charge is 0.161 e. The lowest BCUT2D eigenvalue weighted by Crippen LogP contribution is -2.22. The molecule has 0 unspecified atom stereocenters. The van der Waals surface area contributed by atoms with Gasteiger partial charge in [0.15, 0.2) is 5.82 Å². The summed E-state index contributed by atoms with van der Waals surface area (Å²) in [5.41, 5.74) is 3.19. The van der Waals surface area contributed by atoms with Gasteiger partial charge in [-0.3, -0.25) is 0 Å². The number of imidazole rings is 1. The molecule has 0 saturated heterocycles. The topological polar surface area (TPSA) is 58.9 Å². The number of anilines is 1. The van der Waals surface area contributed by atoms with E-state index in [4.69, 9.17) is 21.6 Å². The maximum Gasteiger partial charge on any atom is 0.161 e. The molecule has 26 heavy (non-hydrogen) atoms. The molecular formula is C19H21ClN6. The average molecular weight is 369 g/mol. The van der Waals surface area contributed by atoms with Crippen LogP contribution in [0, 0.1) is 0 Å². The Balaban J connectivity index is 1.71. The van der Waals surface area contributed by atoms with Gasteiger partial charge in [-0.15, -0.1) is 0 Å². The van der Waals surface area contributed by atoms with Gasteiger partial charge in [-0.1, -0.05) is 11.6 Å². The molecule has 0 radical (unpaired) electrons. The molecule has 134 valence electrons. The van der Waals surface area contributed by atoms with Crippen LogP contribution in [-0.2, 0) is 26.2 Å². The Hall–Kier alpha value is -2.44. The monoisotopic (exact) mass is 368 g/mol. The minimum Gasteiger partial charge on any atom is -0.352 e. The number of benzene rings is 1. The number of fused-ring (bicyclic) bond motifs is 1. The van der Waals surface area contributed by atoms with E-state index in [1.54, 1.807) is 0 Å². The van der Waals surface area contributed by atoms with Crippen molar-refractivity contribution in [1.82, 2.24) is 24.8 Å². The van der Waals surface area contributed by atoms with Crippen molar-refractivity contribution in [3.8, 4) is 11.4 Å². The Labute approximate surface area is 157 Å². The zero-order valence-electron chi connectivity index (χ0n) is 14.9. The van der Waals surface area contributed by atoms with Crippen molar-refractivity contribution < 1.29 is 0 Å². The third-order valence-corrected chi connectivity index (χ3v) is 4.90. The molecule has 4 rings (SSSR count). The van der Waals surface area contributed by atoms with Gasteiger partial charge in [-0.25, -0.2) is 15.0 Å². The standard InChI is InChI=1S/C19H21ClN6/c1-3-26-9-8-22-17(26)12-25(2)19-15-10-21-11-16(15)23-18(24-19)13-4-6-14(20)7-5-13/h4-9,21H,3,10-12H2,1-2H3. The number of halogens is 1. The largest absolute Gasteiger partial charge is 0.352 e. The molecule has 3 heterocycles. The van der Waals surface area contributed by atoms with E-state index < -0.39 is 0 Å². The highest BCUT2D eigenvalue weighted by Gasteiger charge is 2.22. The Morgan fingerprint density at radius 2 is 2.00 bits per heavy atom. The number of nitrogens with one attached hydrogen (secondary N) is 1. The van der Waals surface area contributed by atoms with Crippen molar-refractivity contribution in [3.63, 3.8) is 0 Å². The molecule has 1 N–H and O–H groups in total. The first kappa shape index (κ1) is 17.0. The lowest BCUT2D eigenvalue weighted by atomic mass is 10.2. The fraction of sp³-hybridized carbons (Fsp3) is 0.316. The van der Waals surface area contributed by atoms with Crippen LogP contribution in [0.25, 0.3) is 11.4 Å². The minimum atomic E-state index is 0.699. The van der Waals surface area contributed by atoms with Gasteiger partial charge in [-0.2, -0.15) is 0 Å². The number of aromatic nitrogens is 4. The van der Waals surface area contributed by atoms with Crippen LogP contribution >= 0.6 is 11.6 Å². The molecule has 0 aliphatic carbocycles. The number of hydrogen-bond donors (Lipinski definition) is 1. The molecule has 0 fully saturated rings. The second-order valence-corrected chi connectivity index (χ2v) is 6.83. The van der Waals surface area contributed by atoms with Crippen LogP contribution in [0.5, 0.6) is 0 Å². The number of rotatable bonds is 5. The van der Waals surface area contributed by atoms with Crippen LogP contribution in [0.4, 0.5) is 5.82 Å². The third-order valence-electron chi connectivity index (χ3n) is 4.65. The van der Waals surface area contributed by atoms with Crippen LogP contribution in [0.15, 0.2) is 36.7 Å². The SMILES string of the molecule is CCn1ccnc1CN(C)c1nc(-c2ccc(Cl)cc2)nc2c1CNC2. The van der Waals surface area contributed by atoms with Crippen molar-refractivity contribution in [2.75, 3.05) is 11.9 Å². The first-order chi connectivity index (χ1) is 12.7. The van der Waals surface area contributed by atoms with Crippen LogP contribution in [-0.4, -0.2) is 26.6 Å². The zero-order valence-corrected chi connectivity index (χ0v) is 15.7. The highest BCUT2D eigenvalue weighted by Crippen LogP contribution is 2.28. The predicted molar refractivity (Wildman–Crippen MR) is 103 cm³/mol. The first-order valence-corrected chi connectivity index (χ1v) is 9.11. The molecule has 0 atom stereocenters. The quantitative estimate of drug-likeness (QED) is 0.749. The second-order valence-electron chi connectivity index (χ2n) is 6.39. The fourth-order valence-corrected chi connectivity index (χ4v) is 3.39. The molecule has 6 nitrogen and oxygen atoms in total. The summed E-state index contributed by atoms with van der Waals surface area (Å²) in [5.74, 6) is 2.71. The molecule has 1 aliphatic rings. The maximum atomic E-state index is 6.01. The van der Waals surface area contributed by atoms with E-state index in [0.717, 1.165) is 48.4 Å². The molecule has 1 aliphatic heterocycles. The number of nitrogens with zero attached hydrogens (tertiary/aromatic N) is 5. The molecule has 2 aromatic heterocycles. The third kappa shape index (κ3) is 3.18. The Morgan fingerprint density at radius 1 is 1.19 bits per heavy atom. The lowest BCUT2D eigenvalue weighted by molar-refractivity contribution is 0.681. The molecule has 7 heteroatoms. The van der Waals surface area contributed by atoms with E-state index in [2.05, 4.69) is 33.7 Å². The molecule has 1 aromatic carbocycles. The number of hydrogen-bond acceptors (Lipinski definition) is 5. The van der Waals surface area contributed by atoms with Crippen molar-refractivity contribution in [2.45, 2.75) is 33.1 Å². The van der Waals surface area contributed by atoms with E-state index >= 15 is 0 Å². The van der Waals surface area contributed by atoms with E-state index in [9.17, 15) is 0 Å². The van der Waals surface area contributed by atoms with Gasteiger partial charge >= 0.3 is 0 Å². The summed E-state index contributed by atoms with van der Waals surface area (Å²) in [7, 11) is 2.06. The van der Waals surface area contributed by atoms with Gasteiger partial charge in [0.2, 0.25) is 0 Å². The second kappa shape index (κ2) is 7.05. The normalized spacial score (nSPS) is 13.0. The molecule has 0 spiro atoms. The zero-order chi connectivity index (χ0) is 18.1. The van der Waals surface area contributed by atoms with Gasteiger partial charge in [0.1, 0.15) is 11.6 Å². The summed E-state index contributed by atoms with van der Waals surface area (Å²) in [4.78, 5) is 16.3. The van der Waals surface area contributed by atoms with Gasteiger partial charge in [-0.05, 0) is 31.2 Å². The number of aryl methyl sites for hydroxylation is 1. The highest BCUT2D eigenvalue weighted by molar-refractivity contribution is 6.30. The Kier molecular flexibility index (Phi) is 4.61. The van der Waals surface area contributed by atoms with Gasteiger partial charge in [0.25, 0.3) is 0 Å². The summed E-state index contributed by atoms with van der Waals surface area (Å²) in [5, 5.41) is 4.09. The molecule has 0 amide bonds. The first-order valence-electron chi connectivity index (χ1n) is 8.73. The van der Waals surface area contributed by atoms with Crippen LogP contribution in [0.3, 0.4) is 0 Å². The minimum absolute atomic E-state index is 0.699. The average Bonchev–Trinajstić information content (AvgIpc) is 3.30. The predicted octanol–water partition coefficient (Wildman–Crippen LogP) is 3.25. The van der Waals surface area contributed by atoms with Gasteiger partial charge < -0.3 is 14.8 Å². The van der Waals surface area contributed by atoms with Crippen LogP contribution < -0.4 is 10.2 Å². The van der Waals surface area contributed by atoms with Gasteiger partial charge in [0, 0.05) is 55.2 Å². The van der Waals surface area contributed by atoms with Crippen molar-refractivity contribution in [1.29, 1.82) is 0 Å².